The Morgan fingerprint density at radius 1 is 1.14 bits per heavy atom. The Hall–Kier alpha value is -2.83. The first-order valence-electron chi connectivity index (χ1n) is 12.2. The van der Waals surface area contributed by atoms with Gasteiger partial charge in [-0.1, -0.05) is 31.5 Å². The number of nitrogens with zero attached hydrogens (tertiary/aromatic N) is 2. The number of aromatic hydroxyl groups is 1. The van der Waals surface area contributed by atoms with E-state index >= 15 is 0 Å². The zero-order valence-electron chi connectivity index (χ0n) is 21.1. The van der Waals surface area contributed by atoms with Gasteiger partial charge in [0.15, 0.2) is 17.3 Å². The average Bonchev–Trinajstić information content (AvgIpc) is 2.85. The minimum Gasteiger partial charge on any atom is -0.503 e. The number of benzene rings is 2. The van der Waals surface area contributed by atoms with Crippen molar-refractivity contribution in [3.8, 4) is 22.6 Å². The van der Waals surface area contributed by atoms with Crippen LogP contribution in [0, 0.1) is 5.92 Å². The molecule has 1 aliphatic rings. The molecular formula is C28H34ClN3O3. The number of rotatable bonds is 7. The van der Waals surface area contributed by atoms with Crippen LogP contribution in [0.25, 0.3) is 22.0 Å². The highest BCUT2D eigenvalue weighted by atomic mass is 35.5. The summed E-state index contributed by atoms with van der Waals surface area (Å²) in [5, 5.41) is 15.0. The molecule has 1 fully saturated rings. The van der Waals surface area contributed by atoms with Gasteiger partial charge in [-0.15, -0.1) is 0 Å². The normalized spacial score (nSPS) is 18.3. The van der Waals surface area contributed by atoms with Gasteiger partial charge in [0.05, 0.1) is 28.9 Å². The molecule has 3 aromatic rings. The molecule has 0 spiro atoms. The van der Waals surface area contributed by atoms with E-state index in [4.69, 9.17) is 16.3 Å². The number of anilines is 1. The van der Waals surface area contributed by atoms with Crippen LogP contribution in [-0.4, -0.2) is 54.1 Å². The second-order valence-electron chi connectivity index (χ2n) is 9.92. The Balaban J connectivity index is 1.80. The summed E-state index contributed by atoms with van der Waals surface area (Å²) in [6.07, 6.45) is 6.05. The van der Waals surface area contributed by atoms with E-state index in [0.717, 1.165) is 53.4 Å². The number of Topliss-reactive ketones (excluding diaryl/α,β-unsaturated/α-hetero) is 1. The third kappa shape index (κ3) is 5.24. The summed E-state index contributed by atoms with van der Waals surface area (Å²) < 4.78 is 5.29. The highest BCUT2D eigenvalue weighted by molar-refractivity contribution is 6.32. The summed E-state index contributed by atoms with van der Waals surface area (Å²) in [5.41, 5.74) is 3.99. The molecule has 6 nitrogen and oxygen atoms in total. The fourth-order valence-corrected chi connectivity index (χ4v) is 5.07. The lowest BCUT2D eigenvalue weighted by atomic mass is 9.89. The number of aromatic nitrogens is 1. The van der Waals surface area contributed by atoms with Crippen molar-refractivity contribution in [1.29, 1.82) is 0 Å². The summed E-state index contributed by atoms with van der Waals surface area (Å²) in [6.45, 7) is 3.83. The van der Waals surface area contributed by atoms with Crippen molar-refractivity contribution in [2.24, 2.45) is 5.92 Å². The number of ether oxygens (including phenoxy) is 1. The Labute approximate surface area is 212 Å². The minimum absolute atomic E-state index is 0.0728. The standard InChI is InChI=1S/C28H34ClN3O3/c1-16(2)27(33)22-15-30-24-11-6-17(18-13-23(29)28(34)25(14-18)35-5)12-21(24)26(22)31-19-7-9-20(10-8-19)32(3)4/h6,11-16,19-20,34H,7-10H2,1-5H3,(H,30,31)/t19-,20-. The van der Waals surface area contributed by atoms with E-state index in [-0.39, 0.29) is 22.5 Å². The van der Waals surface area contributed by atoms with E-state index in [2.05, 4.69) is 29.3 Å². The molecule has 0 bridgehead atoms. The largest absolute Gasteiger partial charge is 0.503 e. The zero-order valence-corrected chi connectivity index (χ0v) is 21.8. The summed E-state index contributed by atoms with van der Waals surface area (Å²) in [5.74, 6) is 0.164. The van der Waals surface area contributed by atoms with E-state index in [1.54, 1.807) is 18.3 Å². The van der Waals surface area contributed by atoms with Crippen LogP contribution in [0.5, 0.6) is 11.5 Å². The SMILES string of the molecule is COc1cc(-c2ccc3ncc(C(=O)C(C)C)c(N[C@H]4CC[C@H](N(C)C)CC4)c3c2)cc(Cl)c1O. The van der Waals surface area contributed by atoms with E-state index < -0.39 is 0 Å². The number of hydrogen-bond acceptors (Lipinski definition) is 6. The molecule has 2 N–H and O–H groups in total. The summed E-state index contributed by atoms with van der Waals surface area (Å²) in [6, 6.07) is 10.3. The molecule has 186 valence electrons. The molecule has 1 aliphatic carbocycles. The Morgan fingerprint density at radius 2 is 1.86 bits per heavy atom. The molecule has 7 heteroatoms. The fraction of sp³-hybridized carbons (Fsp3) is 0.429. The number of fused-ring (bicyclic) bond motifs is 1. The van der Waals surface area contributed by atoms with E-state index in [0.29, 0.717) is 23.4 Å². The molecule has 0 radical (unpaired) electrons. The van der Waals surface area contributed by atoms with E-state index in [9.17, 15) is 9.90 Å². The van der Waals surface area contributed by atoms with Gasteiger partial charge in [0.25, 0.3) is 0 Å². The van der Waals surface area contributed by atoms with Crippen molar-refractivity contribution in [2.75, 3.05) is 26.5 Å². The number of methoxy groups -OCH3 is 1. The summed E-state index contributed by atoms with van der Waals surface area (Å²) in [4.78, 5) is 20.1. The van der Waals surface area contributed by atoms with Crippen LogP contribution >= 0.6 is 11.6 Å². The molecule has 1 heterocycles. The number of pyridine rings is 1. The predicted octanol–water partition coefficient (Wildman–Crippen LogP) is 6.39. The van der Waals surface area contributed by atoms with E-state index in [1.165, 1.54) is 7.11 Å². The quantitative estimate of drug-likeness (QED) is 0.370. The molecule has 1 saturated carbocycles. The van der Waals surface area contributed by atoms with Gasteiger partial charge < -0.3 is 20.1 Å². The van der Waals surface area contributed by atoms with Crippen molar-refractivity contribution in [3.63, 3.8) is 0 Å². The van der Waals surface area contributed by atoms with Crippen LogP contribution in [0.3, 0.4) is 0 Å². The van der Waals surface area contributed by atoms with Gasteiger partial charge in [-0.3, -0.25) is 9.78 Å². The lowest BCUT2D eigenvalue weighted by Crippen LogP contribution is -2.36. The van der Waals surface area contributed by atoms with Gasteiger partial charge in [0.2, 0.25) is 0 Å². The number of halogens is 1. The van der Waals surface area contributed by atoms with Crippen molar-refractivity contribution < 1.29 is 14.6 Å². The van der Waals surface area contributed by atoms with Crippen LogP contribution in [0.2, 0.25) is 5.02 Å². The highest BCUT2D eigenvalue weighted by Crippen LogP contribution is 2.40. The number of nitrogens with one attached hydrogen (secondary N) is 1. The van der Waals surface area contributed by atoms with Crippen molar-refractivity contribution in [2.45, 2.75) is 51.6 Å². The van der Waals surface area contributed by atoms with Crippen LogP contribution in [0.4, 0.5) is 5.69 Å². The molecule has 4 rings (SSSR count). The highest BCUT2D eigenvalue weighted by Gasteiger charge is 2.25. The lowest BCUT2D eigenvalue weighted by Gasteiger charge is -2.34. The maximum atomic E-state index is 13.2. The molecule has 2 aromatic carbocycles. The van der Waals surface area contributed by atoms with Crippen LogP contribution in [0.15, 0.2) is 36.5 Å². The Morgan fingerprint density at radius 3 is 2.49 bits per heavy atom. The van der Waals surface area contributed by atoms with Gasteiger partial charge in [0, 0.05) is 29.6 Å². The smallest absolute Gasteiger partial charge is 0.176 e. The minimum atomic E-state index is -0.136. The number of phenolic OH excluding ortho intramolecular Hbond substituents is 1. The van der Waals surface area contributed by atoms with Gasteiger partial charge >= 0.3 is 0 Å². The maximum absolute atomic E-state index is 13.2. The van der Waals surface area contributed by atoms with Crippen molar-refractivity contribution in [3.05, 3.63) is 47.1 Å². The molecule has 0 saturated heterocycles. The number of phenols is 1. The maximum Gasteiger partial charge on any atom is 0.176 e. The molecular weight excluding hydrogens is 462 g/mol. The van der Waals surface area contributed by atoms with Gasteiger partial charge in [-0.05, 0) is 75.2 Å². The number of ketones is 1. The lowest BCUT2D eigenvalue weighted by molar-refractivity contribution is 0.0940. The van der Waals surface area contributed by atoms with Crippen LogP contribution in [0.1, 0.15) is 49.9 Å². The summed E-state index contributed by atoms with van der Waals surface area (Å²) >= 11 is 6.26. The predicted molar refractivity (Wildman–Crippen MR) is 143 cm³/mol. The Kier molecular flexibility index (Phi) is 7.53. The molecule has 0 atom stereocenters. The van der Waals surface area contributed by atoms with Gasteiger partial charge in [0.1, 0.15) is 0 Å². The number of carbonyl (C=O) groups excluding carboxylic acids is 1. The van der Waals surface area contributed by atoms with Gasteiger partial charge in [-0.25, -0.2) is 0 Å². The monoisotopic (exact) mass is 495 g/mol. The molecule has 0 aliphatic heterocycles. The molecule has 35 heavy (non-hydrogen) atoms. The van der Waals surface area contributed by atoms with Crippen LogP contribution in [-0.2, 0) is 0 Å². The molecule has 0 unspecified atom stereocenters. The van der Waals surface area contributed by atoms with Crippen molar-refractivity contribution >= 4 is 34.0 Å². The average molecular weight is 496 g/mol. The number of hydrogen-bond donors (Lipinski definition) is 2. The van der Waals surface area contributed by atoms with Gasteiger partial charge in [-0.2, -0.15) is 0 Å². The second-order valence-corrected chi connectivity index (χ2v) is 10.3. The fourth-order valence-electron chi connectivity index (χ4n) is 4.86. The number of carbonyl (C=O) groups is 1. The first kappa shape index (κ1) is 25.3. The summed E-state index contributed by atoms with van der Waals surface area (Å²) in [7, 11) is 5.77. The topological polar surface area (TPSA) is 74.7 Å². The first-order chi connectivity index (χ1) is 16.7. The van der Waals surface area contributed by atoms with Crippen molar-refractivity contribution in [1.82, 2.24) is 9.88 Å². The third-order valence-electron chi connectivity index (χ3n) is 7.01. The third-order valence-corrected chi connectivity index (χ3v) is 7.30. The second kappa shape index (κ2) is 10.4. The van der Waals surface area contributed by atoms with Crippen LogP contribution < -0.4 is 10.1 Å². The van der Waals surface area contributed by atoms with E-state index in [1.807, 2.05) is 32.0 Å². The molecule has 1 aromatic heterocycles. The Bertz CT molecular complexity index is 1230. The zero-order chi connectivity index (χ0) is 25.3. The first-order valence-corrected chi connectivity index (χ1v) is 12.5. The molecule has 0 amide bonds.